The van der Waals surface area contributed by atoms with Crippen LogP contribution in [-0.2, 0) is 11.3 Å². The van der Waals surface area contributed by atoms with Crippen molar-refractivity contribution in [3.63, 3.8) is 0 Å². The maximum absolute atomic E-state index is 13.1. The summed E-state index contributed by atoms with van der Waals surface area (Å²) in [4.78, 5) is 12.0. The molecule has 108 valence electrons. The van der Waals surface area contributed by atoms with Crippen LogP contribution in [0.5, 0.6) is 0 Å². The zero-order valence-corrected chi connectivity index (χ0v) is 11.6. The van der Waals surface area contributed by atoms with Gasteiger partial charge in [-0.3, -0.25) is 4.79 Å². The van der Waals surface area contributed by atoms with Crippen molar-refractivity contribution in [2.75, 3.05) is 11.9 Å². The molecule has 3 rings (SSSR count). The zero-order chi connectivity index (χ0) is 14.7. The van der Waals surface area contributed by atoms with Crippen molar-refractivity contribution in [1.29, 1.82) is 0 Å². The molecular weight excluding hydrogens is 267 g/mol. The van der Waals surface area contributed by atoms with E-state index in [1.54, 1.807) is 12.1 Å². The highest BCUT2D eigenvalue weighted by atomic mass is 19.1. The summed E-state index contributed by atoms with van der Waals surface area (Å²) in [5, 5.41) is 6.16. The molecule has 0 aromatic heterocycles. The Morgan fingerprint density at radius 1 is 1.24 bits per heavy atom. The summed E-state index contributed by atoms with van der Waals surface area (Å²) in [7, 11) is 0. The summed E-state index contributed by atoms with van der Waals surface area (Å²) in [6.07, 6.45) is 0.444. The van der Waals surface area contributed by atoms with Crippen LogP contribution in [0.15, 0.2) is 48.5 Å². The molecule has 2 N–H and O–H groups in total. The Hall–Kier alpha value is -2.36. The van der Waals surface area contributed by atoms with E-state index in [-0.39, 0.29) is 17.6 Å². The Balaban J connectivity index is 1.56. The van der Waals surface area contributed by atoms with Gasteiger partial charge in [0.2, 0.25) is 5.91 Å². The van der Waals surface area contributed by atoms with Gasteiger partial charge in [0.25, 0.3) is 0 Å². The number of rotatable bonds is 4. The van der Waals surface area contributed by atoms with E-state index in [2.05, 4.69) is 16.7 Å². The second-order valence-electron chi connectivity index (χ2n) is 5.28. The van der Waals surface area contributed by atoms with Gasteiger partial charge in [0.1, 0.15) is 5.82 Å². The van der Waals surface area contributed by atoms with Gasteiger partial charge in [-0.05, 0) is 29.3 Å². The van der Waals surface area contributed by atoms with Crippen LogP contribution in [0.1, 0.15) is 23.5 Å². The van der Waals surface area contributed by atoms with E-state index in [0.29, 0.717) is 13.0 Å². The fourth-order valence-corrected chi connectivity index (χ4v) is 2.68. The number of carbonyl (C=O) groups excluding carboxylic acids is 1. The molecule has 1 aliphatic heterocycles. The fourth-order valence-electron chi connectivity index (χ4n) is 2.68. The molecule has 0 radical (unpaired) electrons. The van der Waals surface area contributed by atoms with Crippen molar-refractivity contribution >= 4 is 11.6 Å². The molecule has 2 aromatic carbocycles. The average molecular weight is 284 g/mol. The molecule has 0 fully saturated rings. The molecule has 0 spiro atoms. The monoisotopic (exact) mass is 284 g/mol. The number of halogens is 1. The predicted molar refractivity (Wildman–Crippen MR) is 80.5 cm³/mol. The second-order valence-corrected chi connectivity index (χ2v) is 5.28. The molecule has 0 saturated carbocycles. The van der Waals surface area contributed by atoms with Crippen molar-refractivity contribution in [2.24, 2.45) is 0 Å². The van der Waals surface area contributed by atoms with Gasteiger partial charge in [-0.15, -0.1) is 0 Å². The predicted octanol–water partition coefficient (Wildman–Crippen LogP) is 3.04. The Labute approximate surface area is 123 Å². The highest BCUT2D eigenvalue weighted by Crippen LogP contribution is 2.32. The number of hydrogen-bond acceptors (Lipinski definition) is 2. The van der Waals surface area contributed by atoms with Crippen molar-refractivity contribution in [1.82, 2.24) is 5.32 Å². The van der Waals surface area contributed by atoms with Gasteiger partial charge in [0.05, 0.1) is 0 Å². The third-order valence-electron chi connectivity index (χ3n) is 3.75. The zero-order valence-electron chi connectivity index (χ0n) is 11.6. The van der Waals surface area contributed by atoms with E-state index in [1.807, 2.05) is 18.2 Å². The lowest BCUT2D eigenvalue weighted by Crippen LogP contribution is -2.25. The van der Waals surface area contributed by atoms with E-state index < -0.39 is 0 Å². The van der Waals surface area contributed by atoms with Crippen LogP contribution >= 0.6 is 0 Å². The van der Waals surface area contributed by atoms with Gasteiger partial charge >= 0.3 is 0 Å². The molecule has 1 aliphatic rings. The molecule has 0 aliphatic carbocycles. The molecule has 1 heterocycles. The Morgan fingerprint density at radius 3 is 2.95 bits per heavy atom. The van der Waals surface area contributed by atoms with Crippen molar-refractivity contribution in [2.45, 2.75) is 18.9 Å². The summed E-state index contributed by atoms with van der Waals surface area (Å²) in [6, 6.07) is 14.3. The fraction of sp³-hybridized carbons (Fsp3) is 0.235. The third kappa shape index (κ3) is 3.21. The number of para-hydroxylation sites is 1. The molecule has 0 bridgehead atoms. The van der Waals surface area contributed by atoms with Crippen LogP contribution in [0.25, 0.3) is 0 Å². The second kappa shape index (κ2) is 5.95. The van der Waals surface area contributed by atoms with Gasteiger partial charge in [0, 0.05) is 31.1 Å². The molecule has 21 heavy (non-hydrogen) atoms. The van der Waals surface area contributed by atoms with E-state index in [0.717, 1.165) is 17.8 Å². The first kappa shape index (κ1) is 13.6. The van der Waals surface area contributed by atoms with Gasteiger partial charge in [-0.2, -0.15) is 0 Å². The van der Waals surface area contributed by atoms with Gasteiger partial charge in [-0.25, -0.2) is 4.39 Å². The van der Waals surface area contributed by atoms with Gasteiger partial charge in [0.15, 0.2) is 0 Å². The Bertz CT molecular complexity index is 657. The number of benzene rings is 2. The lowest BCUT2D eigenvalue weighted by Gasteiger charge is -2.10. The number of fused-ring (bicyclic) bond motifs is 1. The third-order valence-corrected chi connectivity index (χ3v) is 3.75. The maximum atomic E-state index is 13.1. The summed E-state index contributed by atoms with van der Waals surface area (Å²) in [5.41, 5.74) is 3.08. The van der Waals surface area contributed by atoms with Crippen molar-refractivity contribution < 1.29 is 9.18 Å². The Kier molecular flexibility index (Phi) is 3.86. The lowest BCUT2D eigenvalue weighted by molar-refractivity contribution is -0.121. The summed E-state index contributed by atoms with van der Waals surface area (Å²) >= 11 is 0. The summed E-state index contributed by atoms with van der Waals surface area (Å²) in [5.74, 6) is -0.0906. The summed E-state index contributed by atoms with van der Waals surface area (Å²) < 4.78 is 13.1. The number of hydrogen-bond donors (Lipinski definition) is 2. The normalized spacial score (nSPS) is 16.1. The highest BCUT2D eigenvalue weighted by Gasteiger charge is 2.23. The first-order valence-corrected chi connectivity index (χ1v) is 7.06. The largest absolute Gasteiger partial charge is 0.384 e. The number of carbonyl (C=O) groups is 1. The van der Waals surface area contributed by atoms with E-state index in [9.17, 15) is 9.18 Å². The van der Waals surface area contributed by atoms with Crippen LogP contribution < -0.4 is 10.6 Å². The average Bonchev–Trinajstić information content (AvgIpc) is 2.89. The van der Waals surface area contributed by atoms with Crippen LogP contribution in [0, 0.1) is 5.82 Å². The van der Waals surface area contributed by atoms with E-state index in [4.69, 9.17) is 0 Å². The van der Waals surface area contributed by atoms with Crippen LogP contribution in [-0.4, -0.2) is 12.5 Å². The molecule has 0 saturated heterocycles. The minimum Gasteiger partial charge on any atom is -0.384 e. The summed E-state index contributed by atoms with van der Waals surface area (Å²) in [6.45, 7) is 1.14. The first-order valence-electron chi connectivity index (χ1n) is 7.06. The Morgan fingerprint density at radius 2 is 2.10 bits per heavy atom. The first-order chi connectivity index (χ1) is 10.2. The molecule has 1 atom stereocenters. The SMILES string of the molecule is O=C(CC1CNc2ccccc21)NCc1cccc(F)c1. The van der Waals surface area contributed by atoms with E-state index in [1.165, 1.54) is 17.7 Å². The minimum absolute atomic E-state index is 0.0113. The molecular formula is C17H17FN2O. The molecule has 2 aromatic rings. The van der Waals surface area contributed by atoms with Crippen LogP contribution in [0.4, 0.5) is 10.1 Å². The number of amides is 1. The number of anilines is 1. The molecule has 1 unspecified atom stereocenters. The molecule has 4 heteroatoms. The highest BCUT2D eigenvalue weighted by molar-refractivity contribution is 5.78. The standard InChI is InChI=1S/C17H17FN2O/c18-14-5-3-4-12(8-14)10-20-17(21)9-13-11-19-16-7-2-1-6-15(13)16/h1-8,13,19H,9-11H2,(H,20,21). The van der Waals surface area contributed by atoms with Crippen LogP contribution in [0.3, 0.4) is 0 Å². The maximum Gasteiger partial charge on any atom is 0.220 e. The topological polar surface area (TPSA) is 41.1 Å². The van der Waals surface area contributed by atoms with Crippen molar-refractivity contribution in [3.05, 3.63) is 65.5 Å². The molecule has 1 amide bonds. The van der Waals surface area contributed by atoms with Gasteiger partial charge in [-0.1, -0.05) is 30.3 Å². The smallest absolute Gasteiger partial charge is 0.220 e. The lowest BCUT2D eigenvalue weighted by atomic mass is 9.97. The molecule has 3 nitrogen and oxygen atoms in total. The van der Waals surface area contributed by atoms with E-state index >= 15 is 0 Å². The van der Waals surface area contributed by atoms with Crippen molar-refractivity contribution in [3.8, 4) is 0 Å². The number of nitrogens with one attached hydrogen (secondary N) is 2. The minimum atomic E-state index is -0.282. The quantitative estimate of drug-likeness (QED) is 0.906. The van der Waals surface area contributed by atoms with Gasteiger partial charge < -0.3 is 10.6 Å². The van der Waals surface area contributed by atoms with Crippen LogP contribution in [0.2, 0.25) is 0 Å².